The molecule has 2 heterocycles. The van der Waals surface area contributed by atoms with Crippen molar-refractivity contribution < 1.29 is 32.2 Å². The second kappa shape index (κ2) is 15.6. The standard InChI is InChI=1S/C38H41N3O7S/c1-46-32-15-9-30(10-16-32)26-41(37(42)20-14-28-11-17-33(18-12-28)49(44,45)40-21-5-6-22-40)34(23-29-7-3-2-4-8-29)38(43)39-25-31-13-19-35-36(24-31)48-27-47-35/h2-4,7-13,15-19,24,34H,5-6,14,20-23,25-27H2,1H3,(H,39,43)/t34-/m0/s1. The van der Waals surface area contributed by atoms with E-state index >= 15 is 0 Å². The summed E-state index contributed by atoms with van der Waals surface area (Å²) in [6.07, 6.45) is 2.58. The van der Waals surface area contributed by atoms with E-state index in [1.54, 1.807) is 36.3 Å². The molecule has 1 atom stereocenters. The van der Waals surface area contributed by atoms with Crippen molar-refractivity contribution in [3.05, 3.63) is 119 Å². The van der Waals surface area contributed by atoms with E-state index in [0.717, 1.165) is 35.1 Å². The summed E-state index contributed by atoms with van der Waals surface area (Å²) in [6.45, 7) is 1.70. The third kappa shape index (κ3) is 8.41. The maximum absolute atomic E-state index is 14.2. The fourth-order valence-corrected chi connectivity index (χ4v) is 7.66. The number of nitrogens with zero attached hydrogens (tertiary/aromatic N) is 2. The molecule has 1 saturated heterocycles. The Labute approximate surface area is 287 Å². The van der Waals surface area contributed by atoms with Crippen molar-refractivity contribution in [1.82, 2.24) is 14.5 Å². The van der Waals surface area contributed by atoms with E-state index in [1.165, 1.54) is 4.31 Å². The Morgan fingerprint density at radius 1 is 0.837 bits per heavy atom. The molecule has 10 nitrogen and oxygen atoms in total. The lowest BCUT2D eigenvalue weighted by molar-refractivity contribution is -0.141. The molecule has 4 aromatic carbocycles. The third-order valence-electron chi connectivity index (χ3n) is 8.94. The van der Waals surface area contributed by atoms with Gasteiger partial charge in [0.25, 0.3) is 0 Å². The zero-order valence-electron chi connectivity index (χ0n) is 27.5. The molecule has 256 valence electrons. The molecule has 2 aliphatic heterocycles. The summed E-state index contributed by atoms with van der Waals surface area (Å²) >= 11 is 0. The lowest BCUT2D eigenvalue weighted by atomic mass is 10.0. The van der Waals surface area contributed by atoms with E-state index in [4.69, 9.17) is 14.2 Å². The summed E-state index contributed by atoms with van der Waals surface area (Å²) < 4.78 is 43.8. The van der Waals surface area contributed by atoms with Gasteiger partial charge in [0.05, 0.1) is 12.0 Å². The van der Waals surface area contributed by atoms with Crippen molar-refractivity contribution in [2.45, 2.75) is 56.1 Å². The minimum Gasteiger partial charge on any atom is -0.497 e. The smallest absolute Gasteiger partial charge is 0.243 e. The summed E-state index contributed by atoms with van der Waals surface area (Å²) in [5.41, 5.74) is 3.46. The Balaban J connectivity index is 1.22. The molecule has 2 aliphatic rings. The van der Waals surface area contributed by atoms with Gasteiger partial charge >= 0.3 is 0 Å². The van der Waals surface area contributed by atoms with Crippen LogP contribution in [0.2, 0.25) is 0 Å². The van der Waals surface area contributed by atoms with Gasteiger partial charge in [-0.2, -0.15) is 4.31 Å². The minimum atomic E-state index is -3.53. The number of hydrogen-bond donors (Lipinski definition) is 1. The van der Waals surface area contributed by atoms with Crippen LogP contribution in [-0.4, -0.2) is 62.5 Å². The molecule has 1 fully saturated rings. The highest BCUT2D eigenvalue weighted by molar-refractivity contribution is 7.89. The number of amides is 2. The molecule has 0 bridgehead atoms. The average Bonchev–Trinajstić information content (AvgIpc) is 3.85. The number of ether oxygens (including phenoxy) is 3. The Hall–Kier alpha value is -4.87. The first-order valence-electron chi connectivity index (χ1n) is 16.5. The molecule has 0 aromatic heterocycles. The third-order valence-corrected chi connectivity index (χ3v) is 10.9. The summed E-state index contributed by atoms with van der Waals surface area (Å²) in [6, 6.07) is 28.6. The van der Waals surface area contributed by atoms with Crippen LogP contribution in [0, 0.1) is 0 Å². The van der Waals surface area contributed by atoms with Crippen molar-refractivity contribution in [3.63, 3.8) is 0 Å². The predicted molar refractivity (Wildman–Crippen MR) is 185 cm³/mol. The Morgan fingerprint density at radius 3 is 2.22 bits per heavy atom. The number of sulfonamides is 1. The van der Waals surface area contributed by atoms with Crippen molar-refractivity contribution in [3.8, 4) is 17.2 Å². The normalized spacial score (nSPS) is 14.7. The van der Waals surface area contributed by atoms with Gasteiger partial charge in [-0.15, -0.1) is 0 Å². The van der Waals surface area contributed by atoms with E-state index in [-0.39, 0.29) is 43.0 Å². The van der Waals surface area contributed by atoms with Crippen LogP contribution in [0.3, 0.4) is 0 Å². The van der Waals surface area contributed by atoms with Crippen LogP contribution in [0.1, 0.15) is 41.5 Å². The first-order chi connectivity index (χ1) is 23.8. The summed E-state index contributed by atoms with van der Waals surface area (Å²) in [5.74, 6) is 1.52. The molecule has 4 aromatic rings. The number of carbonyl (C=O) groups is 2. The monoisotopic (exact) mass is 683 g/mol. The molecule has 0 unspecified atom stereocenters. The predicted octanol–water partition coefficient (Wildman–Crippen LogP) is 5.10. The van der Waals surface area contributed by atoms with Gasteiger partial charge in [-0.05, 0) is 77.9 Å². The van der Waals surface area contributed by atoms with Crippen molar-refractivity contribution in [2.24, 2.45) is 0 Å². The number of nitrogens with one attached hydrogen (secondary N) is 1. The van der Waals surface area contributed by atoms with Crippen LogP contribution in [0.25, 0.3) is 0 Å². The molecule has 0 saturated carbocycles. The molecule has 0 aliphatic carbocycles. The maximum atomic E-state index is 14.2. The fourth-order valence-electron chi connectivity index (χ4n) is 6.14. The summed E-state index contributed by atoms with van der Waals surface area (Å²) in [4.78, 5) is 30.1. The van der Waals surface area contributed by atoms with Crippen LogP contribution in [-0.2, 0) is 45.5 Å². The van der Waals surface area contributed by atoms with Gasteiger partial charge in [-0.25, -0.2) is 8.42 Å². The Bertz CT molecular complexity index is 1840. The van der Waals surface area contributed by atoms with Crippen molar-refractivity contribution >= 4 is 21.8 Å². The SMILES string of the molecule is COc1ccc(CN(C(=O)CCc2ccc(S(=O)(=O)N3CCCC3)cc2)[C@@H](Cc2ccccc2)C(=O)NCc2ccc3c(c2)OCO3)cc1. The van der Waals surface area contributed by atoms with E-state index in [0.29, 0.717) is 43.2 Å². The van der Waals surface area contributed by atoms with Crippen LogP contribution in [0.4, 0.5) is 0 Å². The van der Waals surface area contributed by atoms with Gasteiger partial charge in [-0.3, -0.25) is 9.59 Å². The second-order valence-electron chi connectivity index (χ2n) is 12.2. The van der Waals surface area contributed by atoms with Crippen LogP contribution >= 0.6 is 0 Å². The first-order valence-corrected chi connectivity index (χ1v) is 18.0. The number of methoxy groups -OCH3 is 1. The molecule has 0 spiro atoms. The van der Waals surface area contributed by atoms with Crippen molar-refractivity contribution in [1.29, 1.82) is 0 Å². The molecular weight excluding hydrogens is 642 g/mol. The van der Waals surface area contributed by atoms with Gasteiger partial charge in [-0.1, -0.05) is 60.7 Å². The lowest BCUT2D eigenvalue weighted by Gasteiger charge is -2.32. The number of aryl methyl sites for hydroxylation is 1. The Morgan fingerprint density at radius 2 is 1.51 bits per heavy atom. The number of hydrogen-bond acceptors (Lipinski definition) is 7. The zero-order valence-corrected chi connectivity index (χ0v) is 28.4. The van der Waals surface area contributed by atoms with Crippen LogP contribution in [0.5, 0.6) is 17.2 Å². The fraction of sp³-hybridized carbons (Fsp3) is 0.316. The topological polar surface area (TPSA) is 114 Å². The quantitative estimate of drug-likeness (QED) is 0.197. The van der Waals surface area contributed by atoms with E-state index < -0.39 is 16.1 Å². The largest absolute Gasteiger partial charge is 0.497 e. The van der Waals surface area contributed by atoms with Gasteiger partial charge in [0.2, 0.25) is 28.6 Å². The average molecular weight is 684 g/mol. The van der Waals surface area contributed by atoms with Crippen LogP contribution in [0.15, 0.2) is 102 Å². The minimum absolute atomic E-state index is 0.134. The van der Waals surface area contributed by atoms with Gasteiger partial charge in [0.15, 0.2) is 11.5 Å². The number of fused-ring (bicyclic) bond motifs is 1. The number of benzene rings is 4. The molecule has 1 N–H and O–H groups in total. The van der Waals surface area contributed by atoms with Gasteiger partial charge in [0.1, 0.15) is 11.8 Å². The molecular formula is C38H41N3O7S. The summed E-state index contributed by atoms with van der Waals surface area (Å²) in [5, 5.41) is 3.06. The molecule has 6 rings (SSSR count). The second-order valence-corrected chi connectivity index (χ2v) is 14.2. The number of carbonyl (C=O) groups excluding carboxylic acids is 2. The van der Waals surface area contributed by atoms with Crippen LogP contribution < -0.4 is 19.5 Å². The maximum Gasteiger partial charge on any atom is 0.243 e. The highest BCUT2D eigenvalue weighted by Crippen LogP contribution is 2.32. The zero-order chi connectivity index (χ0) is 34.2. The molecule has 49 heavy (non-hydrogen) atoms. The molecule has 0 radical (unpaired) electrons. The highest BCUT2D eigenvalue weighted by atomic mass is 32.2. The summed E-state index contributed by atoms with van der Waals surface area (Å²) in [7, 11) is -1.93. The molecule has 2 amide bonds. The Kier molecular flexibility index (Phi) is 10.8. The van der Waals surface area contributed by atoms with E-state index in [1.807, 2.05) is 72.8 Å². The van der Waals surface area contributed by atoms with E-state index in [2.05, 4.69) is 5.32 Å². The van der Waals surface area contributed by atoms with E-state index in [9.17, 15) is 18.0 Å². The highest BCUT2D eigenvalue weighted by Gasteiger charge is 2.31. The van der Waals surface area contributed by atoms with Gasteiger partial charge < -0.3 is 24.4 Å². The first kappa shape index (κ1) is 34.0. The lowest BCUT2D eigenvalue weighted by Crippen LogP contribution is -2.50. The van der Waals surface area contributed by atoms with Gasteiger partial charge in [0, 0.05) is 39.0 Å². The molecule has 11 heteroatoms. The number of rotatable bonds is 14. The van der Waals surface area contributed by atoms with Crippen molar-refractivity contribution in [2.75, 3.05) is 27.0 Å².